The van der Waals surface area contributed by atoms with Crippen LogP contribution in [0.5, 0.6) is 5.75 Å². The first kappa shape index (κ1) is 17.0. The third kappa shape index (κ3) is 4.81. The highest BCUT2D eigenvalue weighted by Crippen LogP contribution is 2.20. The molecule has 1 aromatic carbocycles. The summed E-state index contributed by atoms with van der Waals surface area (Å²) in [6.45, 7) is 10.2. The first-order valence-electron chi connectivity index (χ1n) is 7.81. The Morgan fingerprint density at radius 2 is 1.70 bits per heavy atom. The Labute approximate surface area is 137 Å². The SMILES string of the molecule is Cc1cc(C)cc(OCCC(=O)Nc2c(C)cc(C)nc2C)c1. The van der Waals surface area contributed by atoms with Gasteiger partial charge in [-0.05, 0) is 69.5 Å². The number of anilines is 1. The summed E-state index contributed by atoms with van der Waals surface area (Å²) in [7, 11) is 0. The van der Waals surface area contributed by atoms with Gasteiger partial charge in [0.25, 0.3) is 0 Å². The summed E-state index contributed by atoms with van der Waals surface area (Å²) in [5, 5.41) is 2.93. The van der Waals surface area contributed by atoms with Gasteiger partial charge in [0, 0.05) is 5.69 Å². The summed E-state index contributed by atoms with van der Waals surface area (Å²) < 4.78 is 5.68. The average Bonchev–Trinajstić information content (AvgIpc) is 2.41. The van der Waals surface area contributed by atoms with Gasteiger partial charge in [-0.15, -0.1) is 0 Å². The zero-order valence-corrected chi connectivity index (χ0v) is 14.5. The van der Waals surface area contributed by atoms with E-state index in [-0.39, 0.29) is 5.91 Å². The van der Waals surface area contributed by atoms with E-state index in [1.807, 2.05) is 52.8 Å². The van der Waals surface area contributed by atoms with E-state index in [1.54, 1.807) is 0 Å². The molecule has 2 aromatic rings. The second-order valence-electron chi connectivity index (χ2n) is 6.01. The molecule has 0 fully saturated rings. The second kappa shape index (κ2) is 7.27. The lowest BCUT2D eigenvalue weighted by Gasteiger charge is -2.12. The molecule has 122 valence electrons. The van der Waals surface area contributed by atoms with Gasteiger partial charge >= 0.3 is 0 Å². The van der Waals surface area contributed by atoms with Gasteiger partial charge in [-0.1, -0.05) is 6.07 Å². The fourth-order valence-electron chi connectivity index (χ4n) is 2.69. The molecule has 0 aliphatic rings. The number of pyridine rings is 1. The summed E-state index contributed by atoms with van der Waals surface area (Å²) in [5.74, 6) is 0.742. The molecule has 0 bridgehead atoms. The number of ether oxygens (including phenoxy) is 1. The Morgan fingerprint density at radius 1 is 1.04 bits per heavy atom. The third-order valence-electron chi connectivity index (χ3n) is 3.58. The number of aryl methyl sites for hydroxylation is 5. The molecular weight excluding hydrogens is 288 g/mol. The van der Waals surface area contributed by atoms with Crippen LogP contribution in [0.3, 0.4) is 0 Å². The third-order valence-corrected chi connectivity index (χ3v) is 3.58. The quantitative estimate of drug-likeness (QED) is 0.907. The predicted molar refractivity (Wildman–Crippen MR) is 93.1 cm³/mol. The molecule has 0 radical (unpaired) electrons. The van der Waals surface area contributed by atoms with E-state index in [1.165, 1.54) is 0 Å². The van der Waals surface area contributed by atoms with Gasteiger partial charge in [0.1, 0.15) is 5.75 Å². The summed E-state index contributed by atoms with van der Waals surface area (Å²) in [5.41, 5.74) is 5.93. The van der Waals surface area contributed by atoms with Crippen molar-refractivity contribution in [3.63, 3.8) is 0 Å². The second-order valence-corrected chi connectivity index (χ2v) is 6.01. The molecule has 2 rings (SSSR count). The van der Waals surface area contributed by atoms with E-state index in [2.05, 4.69) is 16.4 Å². The van der Waals surface area contributed by atoms with E-state index in [9.17, 15) is 4.79 Å². The van der Waals surface area contributed by atoms with Crippen molar-refractivity contribution in [2.45, 2.75) is 41.0 Å². The van der Waals surface area contributed by atoms with Crippen molar-refractivity contribution in [1.29, 1.82) is 0 Å². The molecule has 1 amide bonds. The maximum absolute atomic E-state index is 12.1. The van der Waals surface area contributed by atoms with Gasteiger partial charge < -0.3 is 10.1 Å². The number of hydrogen-bond acceptors (Lipinski definition) is 3. The number of hydrogen-bond donors (Lipinski definition) is 1. The number of carbonyl (C=O) groups excluding carboxylic acids is 1. The lowest BCUT2D eigenvalue weighted by molar-refractivity contribution is -0.116. The smallest absolute Gasteiger partial charge is 0.227 e. The van der Waals surface area contributed by atoms with Crippen LogP contribution in [-0.2, 0) is 4.79 Å². The van der Waals surface area contributed by atoms with Gasteiger partial charge in [-0.2, -0.15) is 0 Å². The van der Waals surface area contributed by atoms with Crippen LogP contribution in [0.2, 0.25) is 0 Å². The van der Waals surface area contributed by atoms with Crippen molar-refractivity contribution in [2.24, 2.45) is 0 Å². The van der Waals surface area contributed by atoms with Gasteiger partial charge in [0.15, 0.2) is 0 Å². The minimum atomic E-state index is -0.0637. The van der Waals surface area contributed by atoms with Crippen LogP contribution >= 0.6 is 0 Å². The Hall–Kier alpha value is -2.36. The highest BCUT2D eigenvalue weighted by Gasteiger charge is 2.09. The number of aromatic nitrogens is 1. The molecule has 23 heavy (non-hydrogen) atoms. The van der Waals surface area contributed by atoms with Crippen molar-refractivity contribution in [2.75, 3.05) is 11.9 Å². The number of rotatable bonds is 5. The normalized spacial score (nSPS) is 10.5. The lowest BCUT2D eigenvalue weighted by Crippen LogP contribution is -2.17. The van der Waals surface area contributed by atoms with E-state index >= 15 is 0 Å². The number of benzene rings is 1. The highest BCUT2D eigenvalue weighted by atomic mass is 16.5. The summed E-state index contributed by atoms with van der Waals surface area (Å²) in [4.78, 5) is 16.5. The first-order chi connectivity index (χ1) is 10.8. The van der Waals surface area contributed by atoms with Crippen molar-refractivity contribution in [3.05, 3.63) is 52.3 Å². The van der Waals surface area contributed by atoms with Crippen molar-refractivity contribution in [3.8, 4) is 5.75 Å². The fraction of sp³-hybridized carbons (Fsp3) is 0.368. The number of nitrogens with zero attached hydrogens (tertiary/aromatic N) is 1. The minimum absolute atomic E-state index is 0.0637. The van der Waals surface area contributed by atoms with Crippen LogP contribution in [0.25, 0.3) is 0 Å². The van der Waals surface area contributed by atoms with Crippen molar-refractivity contribution >= 4 is 11.6 Å². The van der Waals surface area contributed by atoms with Gasteiger partial charge in [-0.3, -0.25) is 9.78 Å². The molecule has 0 unspecified atom stereocenters. The van der Waals surface area contributed by atoms with E-state index in [0.717, 1.165) is 39.5 Å². The van der Waals surface area contributed by atoms with E-state index in [0.29, 0.717) is 13.0 Å². The van der Waals surface area contributed by atoms with Crippen LogP contribution in [0.15, 0.2) is 24.3 Å². The highest BCUT2D eigenvalue weighted by molar-refractivity contribution is 5.92. The van der Waals surface area contributed by atoms with Crippen LogP contribution < -0.4 is 10.1 Å². The van der Waals surface area contributed by atoms with Gasteiger partial charge in [0.2, 0.25) is 5.91 Å². The van der Waals surface area contributed by atoms with Crippen molar-refractivity contribution < 1.29 is 9.53 Å². The summed E-state index contributed by atoms with van der Waals surface area (Å²) in [6, 6.07) is 8.01. The Kier molecular flexibility index (Phi) is 5.37. The molecule has 1 N–H and O–H groups in total. The number of carbonyl (C=O) groups is 1. The van der Waals surface area contributed by atoms with Crippen molar-refractivity contribution in [1.82, 2.24) is 4.98 Å². The molecule has 0 aliphatic heterocycles. The topological polar surface area (TPSA) is 51.2 Å². The summed E-state index contributed by atoms with van der Waals surface area (Å²) >= 11 is 0. The molecule has 0 saturated heterocycles. The Balaban J connectivity index is 1.91. The van der Waals surface area contributed by atoms with Crippen LogP contribution in [0.1, 0.15) is 34.5 Å². The lowest BCUT2D eigenvalue weighted by atomic mass is 10.1. The minimum Gasteiger partial charge on any atom is -0.493 e. The molecule has 1 heterocycles. The maximum atomic E-state index is 12.1. The molecule has 1 aromatic heterocycles. The standard InChI is InChI=1S/C19H24N2O2/c1-12-8-13(2)10-17(9-12)23-7-6-18(22)21-19-14(3)11-15(4)20-16(19)5/h8-11H,6-7H2,1-5H3,(H,21,22). The molecule has 0 atom stereocenters. The summed E-state index contributed by atoms with van der Waals surface area (Å²) in [6.07, 6.45) is 0.305. The van der Waals surface area contributed by atoms with Gasteiger partial charge in [0.05, 0.1) is 24.4 Å². The molecule has 0 aliphatic carbocycles. The van der Waals surface area contributed by atoms with E-state index < -0.39 is 0 Å². The van der Waals surface area contributed by atoms with E-state index in [4.69, 9.17) is 4.74 Å². The van der Waals surface area contributed by atoms with Gasteiger partial charge in [-0.25, -0.2) is 0 Å². The largest absolute Gasteiger partial charge is 0.493 e. The Bertz CT molecular complexity index is 680. The molecule has 4 nitrogen and oxygen atoms in total. The number of nitrogens with one attached hydrogen (secondary N) is 1. The fourth-order valence-corrected chi connectivity index (χ4v) is 2.69. The molecule has 4 heteroatoms. The van der Waals surface area contributed by atoms with Crippen LogP contribution in [0.4, 0.5) is 5.69 Å². The average molecular weight is 312 g/mol. The van der Waals surface area contributed by atoms with Crippen LogP contribution in [0, 0.1) is 34.6 Å². The molecular formula is C19H24N2O2. The zero-order chi connectivity index (χ0) is 17.0. The van der Waals surface area contributed by atoms with Crippen LogP contribution in [-0.4, -0.2) is 17.5 Å². The first-order valence-corrected chi connectivity index (χ1v) is 7.81. The zero-order valence-electron chi connectivity index (χ0n) is 14.5. The molecule has 0 spiro atoms. The predicted octanol–water partition coefficient (Wildman–Crippen LogP) is 4.03. The Morgan fingerprint density at radius 3 is 2.30 bits per heavy atom. The molecule has 0 saturated carbocycles. The number of amides is 1. The monoisotopic (exact) mass is 312 g/mol. The maximum Gasteiger partial charge on any atom is 0.227 e.